The summed E-state index contributed by atoms with van der Waals surface area (Å²) in [7, 11) is 1.54. The van der Waals surface area contributed by atoms with E-state index in [4.69, 9.17) is 26.8 Å². The van der Waals surface area contributed by atoms with Crippen molar-refractivity contribution in [1.82, 2.24) is 9.97 Å². The third kappa shape index (κ3) is 2.57. The lowest BCUT2D eigenvalue weighted by Crippen LogP contribution is -1.95. The Morgan fingerprint density at radius 1 is 1.29 bits per heavy atom. The summed E-state index contributed by atoms with van der Waals surface area (Å²) in [6, 6.07) is 5.06. The van der Waals surface area contributed by atoms with Crippen LogP contribution in [-0.4, -0.2) is 17.1 Å². The highest BCUT2D eigenvalue weighted by molar-refractivity contribution is 6.31. The van der Waals surface area contributed by atoms with Crippen LogP contribution in [0.5, 0.6) is 17.4 Å². The maximum Gasteiger partial charge on any atom is 0.241 e. The van der Waals surface area contributed by atoms with Crippen LogP contribution >= 0.6 is 11.6 Å². The van der Waals surface area contributed by atoms with E-state index in [-0.39, 0.29) is 5.88 Å². The summed E-state index contributed by atoms with van der Waals surface area (Å²) in [5.41, 5.74) is 6.23. The Morgan fingerprint density at radius 3 is 2.82 bits per heavy atom. The summed E-state index contributed by atoms with van der Waals surface area (Å²) in [4.78, 5) is 7.68. The Kier molecular flexibility index (Phi) is 3.30. The molecule has 88 valence electrons. The highest BCUT2D eigenvalue weighted by atomic mass is 35.5. The van der Waals surface area contributed by atoms with E-state index < -0.39 is 0 Å². The minimum atomic E-state index is 0.255. The van der Waals surface area contributed by atoms with Gasteiger partial charge in [-0.15, -0.1) is 0 Å². The molecule has 5 nitrogen and oxygen atoms in total. The predicted molar refractivity (Wildman–Crippen MR) is 64.5 cm³/mol. The average molecular weight is 252 g/mol. The average Bonchev–Trinajstić information content (AvgIpc) is 2.32. The summed E-state index contributed by atoms with van der Waals surface area (Å²) in [5.74, 6) is 1.26. The number of hydrogen-bond donors (Lipinski definition) is 1. The number of nitrogen functional groups attached to an aromatic ring is 1. The van der Waals surface area contributed by atoms with Crippen LogP contribution in [0.2, 0.25) is 5.02 Å². The first-order valence-electron chi connectivity index (χ1n) is 4.77. The standard InChI is InChI=1S/C11H10ClN3O2/c1-16-9-3-2-7(13)4-10(9)17-11-8(12)5-14-6-15-11/h2-6H,13H2,1H3. The van der Waals surface area contributed by atoms with Gasteiger partial charge in [0.2, 0.25) is 5.88 Å². The summed E-state index contributed by atoms with van der Waals surface area (Å²) >= 11 is 5.89. The molecule has 1 aromatic heterocycles. The van der Waals surface area contributed by atoms with Crippen LogP contribution in [0.1, 0.15) is 0 Å². The van der Waals surface area contributed by atoms with Crippen LogP contribution in [-0.2, 0) is 0 Å². The second kappa shape index (κ2) is 4.88. The lowest BCUT2D eigenvalue weighted by atomic mass is 10.3. The van der Waals surface area contributed by atoms with Crippen molar-refractivity contribution in [3.63, 3.8) is 0 Å². The fourth-order valence-corrected chi connectivity index (χ4v) is 1.40. The van der Waals surface area contributed by atoms with Crippen molar-refractivity contribution < 1.29 is 9.47 Å². The third-order valence-electron chi connectivity index (χ3n) is 2.03. The molecule has 0 fully saturated rings. The quantitative estimate of drug-likeness (QED) is 0.849. The molecule has 0 saturated heterocycles. The van der Waals surface area contributed by atoms with Gasteiger partial charge in [-0.3, -0.25) is 0 Å². The number of aromatic nitrogens is 2. The molecule has 0 atom stereocenters. The van der Waals surface area contributed by atoms with Gasteiger partial charge in [-0.05, 0) is 12.1 Å². The molecule has 0 aliphatic heterocycles. The van der Waals surface area contributed by atoms with Crippen LogP contribution < -0.4 is 15.2 Å². The summed E-state index contributed by atoms with van der Waals surface area (Å²) < 4.78 is 10.7. The van der Waals surface area contributed by atoms with Gasteiger partial charge in [-0.2, -0.15) is 0 Å². The van der Waals surface area contributed by atoms with Crippen LogP contribution in [0, 0.1) is 0 Å². The number of halogens is 1. The van der Waals surface area contributed by atoms with E-state index in [1.165, 1.54) is 12.5 Å². The van der Waals surface area contributed by atoms with Crippen LogP contribution in [0.15, 0.2) is 30.7 Å². The van der Waals surface area contributed by atoms with Gasteiger partial charge in [0.05, 0.1) is 13.3 Å². The number of methoxy groups -OCH3 is 1. The smallest absolute Gasteiger partial charge is 0.241 e. The number of anilines is 1. The number of nitrogens with two attached hydrogens (primary N) is 1. The number of hydrogen-bond acceptors (Lipinski definition) is 5. The second-order valence-corrected chi connectivity index (χ2v) is 3.60. The lowest BCUT2D eigenvalue weighted by molar-refractivity contribution is 0.374. The van der Waals surface area contributed by atoms with Crippen molar-refractivity contribution in [3.8, 4) is 17.4 Å². The molecule has 6 heteroatoms. The topological polar surface area (TPSA) is 70.3 Å². The predicted octanol–water partition coefficient (Wildman–Crippen LogP) is 2.51. The zero-order valence-corrected chi connectivity index (χ0v) is 9.81. The highest BCUT2D eigenvalue weighted by Crippen LogP contribution is 2.34. The molecule has 0 aliphatic rings. The van der Waals surface area contributed by atoms with E-state index in [0.29, 0.717) is 22.2 Å². The Bertz CT molecular complexity index is 534. The molecule has 0 saturated carbocycles. The van der Waals surface area contributed by atoms with Crippen molar-refractivity contribution in [1.29, 1.82) is 0 Å². The van der Waals surface area contributed by atoms with E-state index in [9.17, 15) is 0 Å². The van der Waals surface area contributed by atoms with Crippen molar-refractivity contribution >= 4 is 17.3 Å². The SMILES string of the molecule is COc1ccc(N)cc1Oc1ncncc1Cl. The van der Waals surface area contributed by atoms with Crippen LogP contribution in [0.3, 0.4) is 0 Å². The molecule has 0 radical (unpaired) electrons. The molecule has 2 N–H and O–H groups in total. The fraction of sp³-hybridized carbons (Fsp3) is 0.0909. The van der Waals surface area contributed by atoms with Gasteiger partial charge in [0.1, 0.15) is 11.3 Å². The summed E-state index contributed by atoms with van der Waals surface area (Å²) in [6.07, 6.45) is 2.79. The van der Waals surface area contributed by atoms with E-state index in [0.717, 1.165) is 0 Å². The largest absolute Gasteiger partial charge is 0.493 e. The summed E-state index contributed by atoms with van der Waals surface area (Å²) in [6.45, 7) is 0. The molecule has 0 unspecified atom stereocenters. The Labute approximate surface area is 103 Å². The van der Waals surface area contributed by atoms with Gasteiger partial charge in [0.15, 0.2) is 11.5 Å². The monoisotopic (exact) mass is 251 g/mol. The first-order valence-corrected chi connectivity index (χ1v) is 5.15. The maximum atomic E-state index is 5.89. The van der Waals surface area contributed by atoms with E-state index in [2.05, 4.69) is 9.97 Å². The van der Waals surface area contributed by atoms with Gasteiger partial charge < -0.3 is 15.2 Å². The van der Waals surface area contributed by atoms with E-state index >= 15 is 0 Å². The Morgan fingerprint density at radius 2 is 2.12 bits per heavy atom. The molecule has 2 aromatic rings. The highest BCUT2D eigenvalue weighted by Gasteiger charge is 2.09. The first-order chi connectivity index (χ1) is 8.20. The van der Waals surface area contributed by atoms with E-state index in [1.807, 2.05) is 0 Å². The minimum absolute atomic E-state index is 0.255. The normalized spacial score (nSPS) is 10.0. The third-order valence-corrected chi connectivity index (χ3v) is 2.29. The Hall–Kier alpha value is -2.01. The maximum absolute atomic E-state index is 5.89. The molecular formula is C11H10ClN3O2. The van der Waals surface area contributed by atoms with Gasteiger partial charge >= 0.3 is 0 Å². The number of benzene rings is 1. The zero-order valence-electron chi connectivity index (χ0n) is 9.05. The van der Waals surface area contributed by atoms with Gasteiger partial charge in [0.25, 0.3) is 0 Å². The van der Waals surface area contributed by atoms with Crippen molar-refractivity contribution in [2.45, 2.75) is 0 Å². The van der Waals surface area contributed by atoms with Crippen molar-refractivity contribution in [3.05, 3.63) is 35.7 Å². The summed E-state index contributed by atoms with van der Waals surface area (Å²) in [5, 5.41) is 0.317. The molecule has 0 bridgehead atoms. The molecular weight excluding hydrogens is 242 g/mol. The fourth-order valence-electron chi connectivity index (χ4n) is 1.25. The van der Waals surface area contributed by atoms with Crippen molar-refractivity contribution in [2.24, 2.45) is 0 Å². The Balaban J connectivity index is 2.35. The second-order valence-electron chi connectivity index (χ2n) is 3.19. The lowest BCUT2D eigenvalue weighted by Gasteiger charge is -2.10. The van der Waals surface area contributed by atoms with Gasteiger partial charge in [0, 0.05) is 11.8 Å². The molecule has 17 heavy (non-hydrogen) atoms. The number of ether oxygens (including phenoxy) is 2. The molecule has 1 aromatic carbocycles. The van der Waals surface area contributed by atoms with Gasteiger partial charge in [-0.25, -0.2) is 9.97 Å². The van der Waals surface area contributed by atoms with Gasteiger partial charge in [-0.1, -0.05) is 11.6 Å². The number of nitrogens with zero attached hydrogens (tertiary/aromatic N) is 2. The molecule has 0 spiro atoms. The zero-order chi connectivity index (χ0) is 12.3. The molecule has 2 rings (SSSR count). The molecule has 0 amide bonds. The number of rotatable bonds is 3. The first kappa shape index (κ1) is 11.5. The van der Waals surface area contributed by atoms with Crippen LogP contribution in [0.4, 0.5) is 5.69 Å². The molecule has 1 heterocycles. The van der Waals surface area contributed by atoms with Crippen LogP contribution in [0.25, 0.3) is 0 Å². The molecule has 0 aliphatic carbocycles. The van der Waals surface area contributed by atoms with Crippen molar-refractivity contribution in [2.75, 3.05) is 12.8 Å². The minimum Gasteiger partial charge on any atom is -0.493 e. The van der Waals surface area contributed by atoms with E-state index in [1.54, 1.807) is 25.3 Å².